The molecular weight excluding hydrogens is 315 g/mol. The van der Waals surface area contributed by atoms with Gasteiger partial charge in [0.15, 0.2) is 0 Å². The standard InChI is InChI=1S/C12H23IN2O/c1-3-12(16)15-7-4-11(5-8-15)10-14(2)9-6-13/h11H,3-10H2,1-2H3. The summed E-state index contributed by atoms with van der Waals surface area (Å²) in [5.41, 5.74) is 0. The van der Waals surface area contributed by atoms with Crippen LogP contribution in [0.5, 0.6) is 0 Å². The van der Waals surface area contributed by atoms with Crippen molar-refractivity contribution in [2.75, 3.05) is 37.7 Å². The quantitative estimate of drug-likeness (QED) is 0.566. The summed E-state index contributed by atoms with van der Waals surface area (Å²) in [6.07, 6.45) is 3.01. The molecule has 0 spiro atoms. The molecule has 1 aliphatic rings. The molecule has 1 rings (SSSR count). The number of rotatable bonds is 5. The number of nitrogens with zero attached hydrogens (tertiary/aromatic N) is 2. The lowest BCUT2D eigenvalue weighted by atomic mass is 9.96. The lowest BCUT2D eigenvalue weighted by molar-refractivity contribution is -0.132. The lowest BCUT2D eigenvalue weighted by Crippen LogP contribution is -2.41. The van der Waals surface area contributed by atoms with Gasteiger partial charge in [0.2, 0.25) is 5.91 Å². The summed E-state index contributed by atoms with van der Waals surface area (Å²) < 4.78 is 1.20. The van der Waals surface area contributed by atoms with Crippen LogP contribution in [0.2, 0.25) is 0 Å². The summed E-state index contributed by atoms with van der Waals surface area (Å²) in [6, 6.07) is 0. The van der Waals surface area contributed by atoms with E-state index in [1.54, 1.807) is 0 Å². The average molecular weight is 338 g/mol. The van der Waals surface area contributed by atoms with Gasteiger partial charge >= 0.3 is 0 Å². The molecule has 94 valence electrons. The van der Waals surface area contributed by atoms with E-state index in [9.17, 15) is 4.79 Å². The molecule has 0 aromatic heterocycles. The van der Waals surface area contributed by atoms with Crippen molar-refractivity contribution in [3.05, 3.63) is 0 Å². The minimum Gasteiger partial charge on any atom is -0.343 e. The second-order valence-corrected chi connectivity index (χ2v) is 5.71. The van der Waals surface area contributed by atoms with E-state index in [0.717, 1.165) is 19.0 Å². The molecular formula is C12H23IN2O. The van der Waals surface area contributed by atoms with E-state index in [1.807, 2.05) is 11.8 Å². The van der Waals surface area contributed by atoms with Crippen LogP contribution >= 0.6 is 22.6 Å². The molecule has 3 nitrogen and oxygen atoms in total. The molecule has 0 aliphatic carbocycles. The number of halogens is 1. The molecule has 0 bridgehead atoms. The molecule has 16 heavy (non-hydrogen) atoms. The molecule has 0 aromatic carbocycles. The molecule has 0 aromatic rings. The van der Waals surface area contributed by atoms with Crippen molar-refractivity contribution in [2.45, 2.75) is 26.2 Å². The fourth-order valence-corrected chi connectivity index (χ4v) is 3.09. The number of hydrogen-bond acceptors (Lipinski definition) is 2. The van der Waals surface area contributed by atoms with Crippen LogP contribution in [0, 0.1) is 5.92 Å². The van der Waals surface area contributed by atoms with E-state index >= 15 is 0 Å². The number of amides is 1. The molecule has 0 radical (unpaired) electrons. The van der Waals surface area contributed by atoms with E-state index in [-0.39, 0.29) is 0 Å². The minimum absolute atomic E-state index is 0.319. The van der Waals surface area contributed by atoms with Gasteiger partial charge in [-0.1, -0.05) is 29.5 Å². The number of likely N-dealkylation sites (tertiary alicyclic amines) is 1. The predicted molar refractivity (Wildman–Crippen MR) is 76.0 cm³/mol. The summed E-state index contributed by atoms with van der Waals surface area (Å²) in [5, 5.41) is 0. The minimum atomic E-state index is 0.319. The molecule has 1 aliphatic heterocycles. The number of hydrogen-bond donors (Lipinski definition) is 0. The highest BCUT2D eigenvalue weighted by molar-refractivity contribution is 14.1. The van der Waals surface area contributed by atoms with Crippen LogP contribution in [0.25, 0.3) is 0 Å². The third-order valence-corrected chi connectivity index (χ3v) is 3.79. The highest BCUT2D eigenvalue weighted by Crippen LogP contribution is 2.18. The second-order valence-electron chi connectivity index (χ2n) is 4.63. The second kappa shape index (κ2) is 7.48. The van der Waals surface area contributed by atoms with Gasteiger partial charge in [0.1, 0.15) is 0 Å². The maximum Gasteiger partial charge on any atom is 0.222 e. The van der Waals surface area contributed by atoms with E-state index < -0.39 is 0 Å². The van der Waals surface area contributed by atoms with Crippen molar-refractivity contribution in [3.8, 4) is 0 Å². The zero-order chi connectivity index (χ0) is 12.0. The van der Waals surface area contributed by atoms with Crippen LogP contribution in [0.1, 0.15) is 26.2 Å². The Kier molecular flexibility index (Phi) is 6.65. The van der Waals surface area contributed by atoms with Gasteiger partial charge in [-0.15, -0.1) is 0 Å². The molecule has 0 atom stereocenters. The molecule has 0 saturated carbocycles. The van der Waals surface area contributed by atoms with Crippen molar-refractivity contribution in [2.24, 2.45) is 5.92 Å². The topological polar surface area (TPSA) is 23.6 Å². The smallest absolute Gasteiger partial charge is 0.222 e. The van der Waals surface area contributed by atoms with Crippen LogP contribution in [0.4, 0.5) is 0 Å². The largest absolute Gasteiger partial charge is 0.343 e. The molecule has 0 N–H and O–H groups in total. The van der Waals surface area contributed by atoms with Gasteiger partial charge in [-0.05, 0) is 25.8 Å². The lowest BCUT2D eigenvalue weighted by Gasteiger charge is -2.33. The summed E-state index contributed by atoms with van der Waals surface area (Å²) in [6.45, 7) is 6.25. The Morgan fingerprint density at radius 1 is 1.44 bits per heavy atom. The van der Waals surface area contributed by atoms with Crippen LogP contribution < -0.4 is 0 Å². The first-order valence-corrected chi connectivity index (χ1v) is 7.72. The third-order valence-electron chi connectivity index (χ3n) is 3.31. The predicted octanol–water partition coefficient (Wildman–Crippen LogP) is 2.00. The molecule has 1 amide bonds. The van der Waals surface area contributed by atoms with Crippen molar-refractivity contribution in [3.63, 3.8) is 0 Å². The molecule has 1 heterocycles. The van der Waals surface area contributed by atoms with Crippen LogP contribution in [-0.2, 0) is 4.79 Å². The van der Waals surface area contributed by atoms with E-state index in [0.29, 0.717) is 12.3 Å². The van der Waals surface area contributed by atoms with Gasteiger partial charge < -0.3 is 9.80 Å². The Morgan fingerprint density at radius 3 is 2.56 bits per heavy atom. The summed E-state index contributed by atoms with van der Waals surface area (Å²) in [4.78, 5) is 15.9. The Hall–Kier alpha value is 0.160. The van der Waals surface area contributed by atoms with Crippen molar-refractivity contribution < 1.29 is 4.79 Å². The number of carbonyl (C=O) groups excluding carboxylic acids is 1. The maximum atomic E-state index is 11.5. The summed E-state index contributed by atoms with van der Waals surface area (Å²) >= 11 is 2.42. The highest BCUT2D eigenvalue weighted by atomic mass is 127. The Labute approximate surface area is 113 Å². The van der Waals surface area contributed by atoms with Gasteiger partial charge in [-0.3, -0.25) is 4.79 Å². The van der Waals surface area contributed by atoms with Gasteiger partial charge in [-0.25, -0.2) is 0 Å². The van der Waals surface area contributed by atoms with Gasteiger partial charge in [0, 0.05) is 37.0 Å². The summed E-state index contributed by atoms with van der Waals surface area (Å²) in [5.74, 6) is 1.10. The monoisotopic (exact) mass is 338 g/mol. The number of alkyl halides is 1. The maximum absolute atomic E-state index is 11.5. The third kappa shape index (κ3) is 4.57. The first-order chi connectivity index (χ1) is 7.67. The molecule has 4 heteroatoms. The van der Waals surface area contributed by atoms with E-state index in [2.05, 4.69) is 34.5 Å². The summed E-state index contributed by atoms with van der Waals surface area (Å²) in [7, 11) is 2.20. The van der Waals surface area contributed by atoms with Gasteiger partial charge in [0.25, 0.3) is 0 Å². The average Bonchev–Trinajstić information content (AvgIpc) is 2.29. The fraction of sp³-hybridized carbons (Fsp3) is 0.917. The number of piperidine rings is 1. The number of carbonyl (C=O) groups is 1. The van der Waals surface area contributed by atoms with Crippen LogP contribution in [0.15, 0.2) is 0 Å². The van der Waals surface area contributed by atoms with Crippen molar-refractivity contribution >= 4 is 28.5 Å². The van der Waals surface area contributed by atoms with Crippen molar-refractivity contribution in [1.82, 2.24) is 9.80 Å². The first-order valence-electron chi connectivity index (χ1n) is 6.19. The first kappa shape index (κ1) is 14.2. The van der Waals surface area contributed by atoms with Crippen LogP contribution in [0.3, 0.4) is 0 Å². The normalized spacial score (nSPS) is 18.1. The Morgan fingerprint density at radius 2 is 2.06 bits per heavy atom. The molecule has 0 unspecified atom stereocenters. The van der Waals surface area contributed by atoms with E-state index in [1.165, 1.54) is 30.4 Å². The zero-order valence-corrected chi connectivity index (χ0v) is 12.6. The Balaban J connectivity index is 2.24. The molecule has 1 saturated heterocycles. The highest BCUT2D eigenvalue weighted by Gasteiger charge is 2.22. The Bertz CT molecular complexity index is 215. The molecule has 1 fully saturated rings. The van der Waals surface area contributed by atoms with Gasteiger partial charge in [-0.2, -0.15) is 0 Å². The zero-order valence-electron chi connectivity index (χ0n) is 10.4. The SMILES string of the molecule is CCC(=O)N1CCC(CN(C)CCI)CC1. The van der Waals surface area contributed by atoms with E-state index in [4.69, 9.17) is 0 Å². The van der Waals surface area contributed by atoms with Crippen LogP contribution in [-0.4, -0.2) is 53.4 Å². The fourth-order valence-electron chi connectivity index (χ4n) is 2.26. The van der Waals surface area contributed by atoms with Gasteiger partial charge in [0.05, 0.1) is 0 Å². The van der Waals surface area contributed by atoms with Crippen molar-refractivity contribution in [1.29, 1.82) is 0 Å².